The largest absolute Gasteiger partial charge is 0.444 e. The Morgan fingerprint density at radius 1 is 1.21 bits per heavy atom. The van der Waals surface area contributed by atoms with E-state index in [1.54, 1.807) is 32.9 Å². The van der Waals surface area contributed by atoms with Crippen molar-refractivity contribution >= 4 is 30.5 Å². The van der Waals surface area contributed by atoms with Crippen molar-refractivity contribution in [3.05, 3.63) is 35.4 Å². The first-order valence-electron chi connectivity index (χ1n) is 11.2. The Kier molecular flexibility index (Phi) is 11.8. The van der Waals surface area contributed by atoms with Gasteiger partial charge in [-0.05, 0) is 45.2 Å². The van der Waals surface area contributed by atoms with Crippen LogP contribution in [0.2, 0.25) is 0 Å². The molecular formula is C24H36N4O4S. The van der Waals surface area contributed by atoms with E-state index in [9.17, 15) is 19.6 Å². The summed E-state index contributed by atoms with van der Waals surface area (Å²) in [4.78, 5) is 40.2. The lowest BCUT2D eigenvalue weighted by atomic mass is 9.98. The highest BCUT2D eigenvalue weighted by Crippen LogP contribution is 2.25. The predicted octanol–water partition coefficient (Wildman–Crippen LogP) is 3.52. The van der Waals surface area contributed by atoms with Gasteiger partial charge in [0.25, 0.3) is 0 Å². The summed E-state index contributed by atoms with van der Waals surface area (Å²) in [6.45, 7) is 9.18. The molecule has 33 heavy (non-hydrogen) atoms. The van der Waals surface area contributed by atoms with E-state index in [0.717, 1.165) is 24.8 Å². The Balaban J connectivity index is 3.26. The molecule has 2 N–H and O–H groups in total. The molecule has 0 radical (unpaired) electrons. The number of nitriles is 1. The molecule has 3 amide bonds. The fraction of sp³-hybridized carbons (Fsp3) is 0.583. The summed E-state index contributed by atoms with van der Waals surface area (Å²) in [5.41, 5.74) is 0.677. The van der Waals surface area contributed by atoms with Gasteiger partial charge in [-0.15, -0.1) is 0 Å². The molecule has 0 saturated carbocycles. The van der Waals surface area contributed by atoms with Gasteiger partial charge in [0.2, 0.25) is 11.8 Å². The smallest absolute Gasteiger partial charge is 0.408 e. The normalized spacial score (nSPS) is 12.8. The highest BCUT2D eigenvalue weighted by Gasteiger charge is 2.36. The molecule has 2 unspecified atom stereocenters. The summed E-state index contributed by atoms with van der Waals surface area (Å²) in [6.07, 6.45) is 2.02. The van der Waals surface area contributed by atoms with E-state index in [0.29, 0.717) is 12.1 Å². The summed E-state index contributed by atoms with van der Waals surface area (Å²) in [5.74, 6) is -0.993. The number of carbonyl (C=O) groups excluding carboxylic acids is 3. The maximum absolute atomic E-state index is 13.4. The summed E-state index contributed by atoms with van der Waals surface area (Å²) in [7, 11) is 0. The number of rotatable bonds is 11. The van der Waals surface area contributed by atoms with E-state index in [1.807, 2.05) is 25.1 Å². The van der Waals surface area contributed by atoms with Gasteiger partial charge >= 0.3 is 6.09 Å². The van der Waals surface area contributed by atoms with E-state index in [-0.39, 0.29) is 18.2 Å². The zero-order valence-electron chi connectivity index (χ0n) is 20.2. The van der Waals surface area contributed by atoms with Gasteiger partial charge in [0.1, 0.15) is 24.2 Å². The molecule has 0 aliphatic carbocycles. The number of alkyl carbamates (subject to hydrolysis) is 1. The summed E-state index contributed by atoms with van der Waals surface area (Å²) < 4.78 is 5.25. The van der Waals surface area contributed by atoms with Gasteiger partial charge in [0, 0.05) is 12.3 Å². The maximum Gasteiger partial charge on any atom is 0.408 e. The predicted molar refractivity (Wildman–Crippen MR) is 131 cm³/mol. The highest BCUT2D eigenvalue weighted by atomic mass is 32.1. The summed E-state index contributed by atoms with van der Waals surface area (Å²) in [6, 6.07) is 7.11. The van der Waals surface area contributed by atoms with Crippen molar-refractivity contribution in [2.24, 2.45) is 0 Å². The van der Waals surface area contributed by atoms with Crippen molar-refractivity contribution in [2.45, 2.75) is 71.6 Å². The molecule has 1 aromatic carbocycles. The Labute approximate surface area is 202 Å². The Morgan fingerprint density at radius 2 is 1.88 bits per heavy atom. The SMILES string of the molecule is CCCCCNC(=O)C(c1ccccc1C)N(CC#N)C(=O)C(CS)NC(=O)OC(C)(C)C. The maximum atomic E-state index is 13.4. The van der Waals surface area contributed by atoms with Crippen LogP contribution in [0.5, 0.6) is 0 Å². The first-order valence-corrected chi connectivity index (χ1v) is 11.8. The molecular weight excluding hydrogens is 440 g/mol. The van der Waals surface area contributed by atoms with Crippen molar-refractivity contribution in [2.75, 3.05) is 18.8 Å². The average molecular weight is 477 g/mol. The van der Waals surface area contributed by atoms with E-state index in [1.165, 1.54) is 4.90 Å². The molecule has 0 aromatic heterocycles. The van der Waals surface area contributed by atoms with Crippen LogP contribution < -0.4 is 10.6 Å². The number of unbranched alkanes of at least 4 members (excludes halogenated alkanes) is 2. The highest BCUT2D eigenvalue weighted by molar-refractivity contribution is 7.80. The number of carbonyl (C=O) groups is 3. The van der Waals surface area contributed by atoms with E-state index >= 15 is 0 Å². The number of amides is 3. The molecule has 0 fully saturated rings. The summed E-state index contributed by atoms with van der Waals surface area (Å²) in [5, 5.41) is 14.9. The zero-order chi connectivity index (χ0) is 25.0. The number of thiol groups is 1. The number of benzene rings is 1. The molecule has 0 aliphatic heterocycles. The van der Waals surface area contributed by atoms with Gasteiger partial charge in [-0.1, -0.05) is 44.0 Å². The van der Waals surface area contributed by atoms with Crippen molar-refractivity contribution < 1.29 is 19.1 Å². The van der Waals surface area contributed by atoms with Gasteiger partial charge in [0.15, 0.2) is 0 Å². The first kappa shape index (κ1) is 28.3. The van der Waals surface area contributed by atoms with E-state index < -0.39 is 29.7 Å². The zero-order valence-corrected chi connectivity index (χ0v) is 21.1. The third-order valence-corrected chi connectivity index (χ3v) is 5.18. The number of nitrogens with one attached hydrogen (secondary N) is 2. The number of nitrogens with zero attached hydrogens (tertiary/aromatic N) is 2. The number of hydrogen-bond acceptors (Lipinski definition) is 6. The fourth-order valence-electron chi connectivity index (χ4n) is 3.24. The average Bonchev–Trinajstić information content (AvgIpc) is 2.74. The number of aryl methyl sites for hydroxylation is 1. The molecule has 0 saturated heterocycles. The standard InChI is InChI=1S/C24H36N4O4S/c1-6-7-10-14-26-21(29)20(18-12-9-8-11-17(18)2)28(15-13-25)22(30)19(16-33)27-23(31)32-24(3,4)5/h8-9,11-12,19-20,33H,6-7,10,14-16H2,1-5H3,(H,26,29)(H,27,31). The minimum Gasteiger partial charge on any atom is -0.444 e. The molecule has 1 rings (SSSR count). The quantitative estimate of drug-likeness (QED) is 0.257. The van der Waals surface area contributed by atoms with E-state index in [4.69, 9.17) is 4.74 Å². The minimum atomic E-state index is -1.07. The van der Waals surface area contributed by atoms with Crippen LogP contribution in [0.15, 0.2) is 24.3 Å². The second-order valence-electron chi connectivity index (χ2n) is 8.76. The van der Waals surface area contributed by atoms with Gasteiger partial charge in [0.05, 0.1) is 6.07 Å². The lowest BCUT2D eigenvalue weighted by molar-refractivity contribution is -0.141. The molecule has 0 heterocycles. The number of hydrogen-bond donors (Lipinski definition) is 3. The molecule has 2 atom stereocenters. The molecule has 1 aromatic rings. The molecule has 182 valence electrons. The molecule has 0 spiro atoms. The summed E-state index contributed by atoms with van der Waals surface area (Å²) >= 11 is 4.21. The Bertz CT molecular complexity index is 848. The third kappa shape index (κ3) is 9.34. The van der Waals surface area contributed by atoms with Crippen LogP contribution in [0.25, 0.3) is 0 Å². The van der Waals surface area contributed by atoms with Gasteiger partial charge in [-0.25, -0.2) is 4.79 Å². The van der Waals surface area contributed by atoms with Crippen LogP contribution in [0.3, 0.4) is 0 Å². The van der Waals surface area contributed by atoms with Crippen LogP contribution in [0.1, 0.15) is 64.1 Å². The molecule has 0 bridgehead atoms. The van der Waals surface area contributed by atoms with Crippen molar-refractivity contribution in [3.63, 3.8) is 0 Å². The second kappa shape index (κ2) is 13.7. The van der Waals surface area contributed by atoms with Crippen molar-refractivity contribution in [1.82, 2.24) is 15.5 Å². The molecule has 0 aliphatic rings. The third-order valence-electron chi connectivity index (χ3n) is 4.82. The second-order valence-corrected chi connectivity index (χ2v) is 9.13. The lowest BCUT2D eigenvalue weighted by Gasteiger charge is -2.33. The monoisotopic (exact) mass is 476 g/mol. The fourth-order valence-corrected chi connectivity index (χ4v) is 3.48. The van der Waals surface area contributed by atoms with Crippen LogP contribution in [0, 0.1) is 18.3 Å². The first-order chi connectivity index (χ1) is 15.6. The van der Waals surface area contributed by atoms with Crippen molar-refractivity contribution in [3.8, 4) is 6.07 Å². The van der Waals surface area contributed by atoms with Gasteiger partial charge in [-0.3, -0.25) is 9.59 Å². The topological polar surface area (TPSA) is 112 Å². The lowest BCUT2D eigenvalue weighted by Crippen LogP contribution is -2.54. The van der Waals surface area contributed by atoms with E-state index in [2.05, 4.69) is 30.2 Å². The Hall–Kier alpha value is -2.73. The van der Waals surface area contributed by atoms with Crippen LogP contribution in [-0.4, -0.2) is 53.3 Å². The van der Waals surface area contributed by atoms with Gasteiger partial charge in [-0.2, -0.15) is 17.9 Å². The molecule has 9 heteroatoms. The Morgan fingerprint density at radius 3 is 2.42 bits per heavy atom. The minimum absolute atomic E-state index is 0.0292. The van der Waals surface area contributed by atoms with Crippen LogP contribution in [-0.2, 0) is 14.3 Å². The molecule has 8 nitrogen and oxygen atoms in total. The van der Waals surface area contributed by atoms with Crippen molar-refractivity contribution in [1.29, 1.82) is 5.26 Å². The van der Waals surface area contributed by atoms with Crippen LogP contribution in [0.4, 0.5) is 4.79 Å². The van der Waals surface area contributed by atoms with Crippen LogP contribution >= 0.6 is 12.6 Å². The van der Waals surface area contributed by atoms with Gasteiger partial charge < -0.3 is 20.3 Å². The number of ether oxygens (including phenoxy) is 1.